The van der Waals surface area contributed by atoms with E-state index in [1.54, 1.807) is 24.3 Å². The molecule has 0 aromatic heterocycles. The molecule has 0 fully saturated rings. The van der Waals surface area contributed by atoms with Crippen LogP contribution in [0.2, 0.25) is 5.02 Å². The maximum Gasteiger partial charge on any atom is 0.279 e. The number of nitrogens with zero attached hydrogens (tertiary/aromatic N) is 1. The SMILES string of the molecule is C[C@@H](Oc1ccc(C#N)cc1)C(=O)NNC(=O)CCS(=O)(=O)c1ccc(Cl)cc1. The van der Waals surface area contributed by atoms with Crippen LogP contribution in [-0.2, 0) is 19.4 Å². The van der Waals surface area contributed by atoms with E-state index >= 15 is 0 Å². The molecule has 2 rings (SSSR count). The van der Waals surface area contributed by atoms with E-state index in [9.17, 15) is 18.0 Å². The van der Waals surface area contributed by atoms with Crippen LogP contribution in [0.3, 0.4) is 0 Å². The number of rotatable bonds is 7. The van der Waals surface area contributed by atoms with Crippen molar-refractivity contribution in [3.05, 3.63) is 59.1 Å². The number of carbonyl (C=O) groups is 2. The Kier molecular flexibility index (Phi) is 7.59. The zero-order chi connectivity index (χ0) is 21.4. The normalized spacial score (nSPS) is 11.8. The third kappa shape index (κ3) is 6.78. The number of sulfone groups is 1. The van der Waals surface area contributed by atoms with Crippen molar-refractivity contribution in [2.24, 2.45) is 0 Å². The van der Waals surface area contributed by atoms with Gasteiger partial charge in [0.05, 0.1) is 22.3 Å². The van der Waals surface area contributed by atoms with E-state index in [0.29, 0.717) is 16.3 Å². The highest BCUT2D eigenvalue weighted by Gasteiger charge is 2.18. The Bertz CT molecular complexity index is 1020. The Labute approximate surface area is 173 Å². The van der Waals surface area contributed by atoms with Gasteiger partial charge in [0.15, 0.2) is 15.9 Å². The number of ether oxygens (including phenoxy) is 1. The lowest BCUT2D eigenvalue weighted by Crippen LogP contribution is -2.47. The van der Waals surface area contributed by atoms with Crippen LogP contribution in [0.4, 0.5) is 0 Å². The number of nitrogens with one attached hydrogen (secondary N) is 2. The lowest BCUT2D eigenvalue weighted by atomic mass is 10.2. The second kappa shape index (κ2) is 9.91. The molecule has 2 aromatic carbocycles. The van der Waals surface area contributed by atoms with Gasteiger partial charge >= 0.3 is 0 Å². The molecule has 0 spiro atoms. The van der Waals surface area contributed by atoms with E-state index in [0.717, 1.165) is 0 Å². The highest BCUT2D eigenvalue weighted by molar-refractivity contribution is 7.91. The summed E-state index contributed by atoms with van der Waals surface area (Å²) in [6.45, 7) is 1.48. The second-order valence-electron chi connectivity index (χ2n) is 5.96. The molecule has 0 saturated carbocycles. The van der Waals surface area contributed by atoms with Gasteiger partial charge in [0.2, 0.25) is 5.91 Å². The molecule has 152 valence electrons. The van der Waals surface area contributed by atoms with Gasteiger partial charge < -0.3 is 4.74 Å². The van der Waals surface area contributed by atoms with Crippen molar-refractivity contribution < 1.29 is 22.7 Å². The van der Waals surface area contributed by atoms with Gasteiger partial charge in [-0.15, -0.1) is 0 Å². The van der Waals surface area contributed by atoms with Crippen LogP contribution in [0.1, 0.15) is 18.9 Å². The fourth-order valence-electron chi connectivity index (χ4n) is 2.15. The van der Waals surface area contributed by atoms with Crippen molar-refractivity contribution in [2.45, 2.75) is 24.3 Å². The summed E-state index contributed by atoms with van der Waals surface area (Å²) in [5.41, 5.74) is 4.79. The standard InChI is InChI=1S/C19H18ClN3O5S/c1-13(28-16-6-2-14(12-21)3-7-16)19(25)23-22-18(24)10-11-29(26,27)17-8-4-15(20)5-9-17/h2-9,13H,10-11H2,1H3,(H,22,24)(H,23,25)/t13-/m1/s1. The predicted molar refractivity (Wildman–Crippen MR) is 106 cm³/mol. The third-order valence-electron chi connectivity index (χ3n) is 3.76. The van der Waals surface area contributed by atoms with Crippen LogP contribution in [-0.4, -0.2) is 32.1 Å². The van der Waals surface area contributed by atoms with E-state index in [1.165, 1.54) is 31.2 Å². The molecule has 0 radical (unpaired) electrons. The summed E-state index contributed by atoms with van der Waals surface area (Å²) < 4.78 is 29.8. The first-order valence-electron chi connectivity index (χ1n) is 8.45. The highest BCUT2D eigenvalue weighted by Crippen LogP contribution is 2.16. The molecule has 0 aliphatic carbocycles. The zero-order valence-corrected chi connectivity index (χ0v) is 17.0. The molecule has 0 aliphatic heterocycles. The fourth-order valence-corrected chi connectivity index (χ4v) is 3.51. The van der Waals surface area contributed by atoms with Crippen molar-refractivity contribution in [1.82, 2.24) is 10.9 Å². The molecule has 0 saturated heterocycles. The number of nitriles is 1. The zero-order valence-electron chi connectivity index (χ0n) is 15.4. The summed E-state index contributed by atoms with van der Waals surface area (Å²) >= 11 is 5.73. The van der Waals surface area contributed by atoms with Gasteiger partial charge in [-0.05, 0) is 55.5 Å². The quantitative estimate of drug-likeness (QED) is 0.640. The molecule has 0 heterocycles. The van der Waals surface area contributed by atoms with Crippen molar-refractivity contribution in [2.75, 3.05) is 5.75 Å². The Morgan fingerprint density at radius 2 is 1.72 bits per heavy atom. The number of benzene rings is 2. The molecule has 2 aromatic rings. The molecule has 8 nitrogen and oxygen atoms in total. The lowest BCUT2D eigenvalue weighted by Gasteiger charge is -2.15. The van der Waals surface area contributed by atoms with Gasteiger partial charge in [0.1, 0.15) is 5.75 Å². The largest absolute Gasteiger partial charge is 0.481 e. The van der Waals surface area contributed by atoms with E-state index in [2.05, 4.69) is 10.9 Å². The monoisotopic (exact) mass is 435 g/mol. The Morgan fingerprint density at radius 1 is 1.10 bits per heavy atom. The topological polar surface area (TPSA) is 125 Å². The minimum Gasteiger partial charge on any atom is -0.481 e. The van der Waals surface area contributed by atoms with Crippen LogP contribution >= 0.6 is 11.6 Å². The number of carbonyl (C=O) groups excluding carboxylic acids is 2. The van der Waals surface area contributed by atoms with Gasteiger partial charge in [-0.25, -0.2) is 8.42 Å². The molecule has 0 bridgehead atoms. The highest BCUT2D eigenvalue weighted by atomic mass is 35.5. The lowest BCUT2D eigenvalue weighted by molar-refractivity contribution is -0.132. The van der Waals surface area contributed by atoms with Crippen molar-refractivity contribution in [3.8, 4) is 11.8 Å². The first-order chi connectivity index (χ1) is 13.7. The predicted octanol–water partition coefficient (Wildman–Crippen LogP) is 1.99. The molecular formula is C19H18ClN3O5S. The van der Waals surface area contributed by atoms with E-state index in [4.69, 9.17) is 21.6 Å². The molecule has 10 heteroatoms. The van der Waals surface area contributed by atoms with Crippen LogP contribution < -0.4 is 15.6 Å². The maximum absolute atomic E-state index is 12.2. The minimum atomic E-state index is -3.65. The number of hydrazine groups is 1. The van der Waals surface area contributed by atoms with Crippen molar-refractivity contribution in [3.63, 3.8) is 0 Å². The first-order valence-corrected chi connectivity index (χ1v) is 10.5. The molecule has 2 amide bonds. The second-order valence-corrected chi connectivity index (χ2v) is 8.50. The van der Waals surface area contributed by atoms with E-state index < -0.39 is 33.5 Å². The number of amides is 2. The first kappa shape index (κ1) is 22.2. The van der Waals surface area contributed by atoms with Gasteiger partial charge in [0.25, 0.3) is 5.91 Å². The molecule has 29 heavy (non-hydrogen) atoms. The summed E-state index contributed by atoms with van der Waals surface area (Å²) in [5, 5.41) is 9.16. The molecular weight excluding hydrogens is 418 g/mol. The summed E-state index contributed by atoms with van der Waals surface area (Å²) in [7, 11) is -3.65. The van der Waals surface area contributed by atoms with Gasteiger partial charge in [-0.3, -0.25) is 20.4 Å². The average molecular weight is 436 g/mol. The Balaban J connectivity index is 1.79. The molecule has 0 unspecified atom stereocenters. The fraction of sp³-hybridized carbons (Fsp3) is 0.211. The third-order valence-corrected chi connectivity index (χ3v) is 5.75. The van der Waals surface area contributed by atoms with Gasteiger partial charge in [-0.2, -0.15) is 5.26 Å². The number of halogens is 1. The van der Waals surface area contributed by atoms with Crippen LogP contribution in [0.15, 0.2) is 53.4 Å². The van der Waals surface area contributed by atoms with Crippen LogP contribution in [0.5, 0.6) is 5.75 Å². The summed E-state index contributed by atoms with van der Waals surface area (Å²) in [4.78, 5) is 23.9. The molecule has 1 atom stereocenters. The van der Waals surface area contributed by atoms with Gasteiger partial charge in [0, 0.05) is 11.4 Å². The number of hydrogen-bond donors (Lipinski definition) is 2. The summed E-state index contributed by atoms with van der Waals surface area (Å²) in [6.07, 6.45) is -1.27. The van der Waals surface area contributed by atoms with Crippen LogP contribution in [0.25, 0.3) is 0 Å². The van der Waals surface area contributed by atoms with Gasteiger partial charge in [-0.1, -0.05) is 11.6 Å². The average Bonchev–Trinajstić information content (AvgIpc) is 2.71. The minimum absolute atomic E-state index is 0.0585. The van der Waals surface area contributed by atoms with Crippen molar-refractivity contribution >= 4 is 33.3 Å². The van der Waals surface area contributed by atoms with E-state index in [1.807, 2.05) is 6.07 Å². The Hall–Kier alpha value is -3.09. The van der Waals surface area contributed by atoms with Crippen molar-refractivity contribution in [1.29, 1.82) is 5.26 Å². The maximum atomic E-state index is 12.2. The summed E-state index contributed by atoms with van der Waals surface area (Å²) in [5.74, 6) is -1.33. The number of hydrogen-bond acceptors (Lipinski definition) is 6. The Morgan fingerprint density at radius 3 is 2.31 bits per heavy atom. The summed E-state index contributed by atoms with van der Waals surface area (Å²) in [6, 6.07) is 13.8. The molecule has 0 aliphatic rings. The van der Waals surface area contributed by atoms with E-state index in [-0.39, 0.29) is 11.3 Å². The smallest absolute Gasteiger partial charge is 0.279 e. The molecule has 2 N–H and O–H groups in total. The van der Waals surface area contributed by atoms with Crippen LogP contribution in [0, 0.1) is 11.3 Å².